The first-order valence-electron chi connectivity index (χ1n) is 7.93. The number of hydrogen-bond donors (Lipinski definition) is 3. The lowest BCUT2D eigenvalue weighted by molar-refractivity contribution is -0.115. The number of carbonyl (C=O) groups is 2. The quantitative estimate of drug-likeness (QED) is 0.707. The molecule has 0 saturated carbocycles. The third-order valence-corrected chi connectivity index (χ3v) is 3.85. The van der Waals surface area contributed by atoms with Gasteiger partial charge in [-0.05, 0) is 36.2 Å². The second-order valence-corrected chi connectivity index (χ2v) is 5.95. The van der Waals surface area contributed by atoms with Crippen LogP contribution in [0.25, 0.3) is 0 Å². The summed E-state index contributed by atoms with van der Waals surface area (Å²) < 4.78 is 25.9. The molecule has 0 aliphatic rings. The van der Waals surface area contributed by atoms with Gasteiger partial charge >= 0.3 is 6.03 Å². The summed E-state index contributed by atoms with van der Waals surface area (Å²) >= 11 is 5.85. The Bertz CT molecular complexity index is 785. The van der Waals surface area contributed by atoms with E-state index in [1.165, 1.54) is 6.07 Å². The van der Waals surface area contributed by atoms with Crippen LogP contribution >= 0.6 is 11.6 Å². The SMILES string of the molecule is CCC(NC(=O)NCC(=O)Nc1ccc(F)c(F)c1)c1ccc(Cl)cc1. The number of carbonyl (C=O) groups excluding carboxylic acids is 2. The molecule has 1 atom stereocenters. The molecule has 0 aliphatic carbocycles. The van der Waals surface area contributed by atoms with Gasteiger partial charge in [0, 0.05) is 16.8 Å². The van der Waals surface area contributed by atoms with Crippen LogP contribution in [-0.4, -0.2) is 18.5 Å². The van der Waals surface area contributed by atoms with Crippen molar-refractivity contribution < 1.29 is 18.4 Å². The van der Waals surface area contributed by atoms with E-state index in [0.717, 1.165) is 17.7 Å². The molecule has 0 fully saturated rings. The van der Waals surface area contributed by atoms with E-state index in [-0.39, 0.29) is 18.3 Å². The van der Waals surface area contributed by atoms with E-state index in [1.807, 2.05) is 19.1 Å². The van der Waals surface area contributed by atoms with Crippen LogP contribution in [0.1, 0.15) is 24.9 Å². The number of halogens is 3. The summed E-state index contributed by atoms with van der Waals surface area (Å²) in [6.07, 6.45) is 0.649. The van der Waals surface area contributed by atoms with Crippen molar-refractivity contribution in [1.29, 1.82) is 0 Å². The maximum atomic E-state index is 13.1. The molecule has 0 spiro atoms. The minimum Gasteiger partial charge on any atom is -0.331 e. The second-order valence-electron chi connectivity index (χ2n) is 5.52. The maximum absolute atomic E-state index is 13.1. The zero-order chi connectivity index (χ0) is 19.1. The maximum Gasteiger partial charge on any atom is 0.315 e. The topological polar surface area (TPSA) is 70.2 Å². The molecule has 5 nitrogen and oxygen atoms in total. The molecule has 1 unspecified atom stereocenters. The van der Waals surface area contributed by atoms with E-state index in [9.17, 15) is 18.4 Å². The molecular formula is C18H18ClF2N3O2. The van der Waals surface area contributed by atoms with Gasteiger partial charge in [-0.2, -0.15) is 0 Å². The number of benzene rings is 2. The fraction of sp³-hybridized carbons (Fsp3) is 0.222. The van der Waals surface area contributed by atoms with Gasteiger partial charge in [-0.15, -0.1) is 0 Å². The number of nitrogens with one attached hydrogen (secondary N) is 3. The fourth-order valence-corrected chi connectivity index (χ4v) is 2.39. The lowest BCUT2D eigenvalue weighted by Gasteiger charge is -2.18. The van der Waals surface area contributed by atoms with Crippen LogP contribution in [0.4, 0.5) is 19.3 Å². The zero-order valence-electron chi connectivity index (χ0n) is 14.0. The predicted molar refractivity (Wildman–Crippen MR) is 96.0 cm³/mol. The van der Waals surface area contributed by atoms with Gasteiger partial charge in [-0.3, -0.25) is 4.79 Å². The van der Waals surface area contributed by atoms with E-state index >= 15 is 0 Å². The van der Waals surface area contributed by atoms with Gasteiger partial charge in [0.25, 0.3) is 0 Å². The smallest absolute Gasteiger partial charge is 0.315 e. The fourth-order valence-electron chi connectivity index (χ4n) is 2.27. The molecule has 8 heteroatoms. The minimum atomic E-state index is -1.07. The van der Waals surface area contributed by atoms with Crippen LogP contribution in [0.2, 0.25) is 5.02 Å². The Balaban J connectivity index is 1.83. The van der Waals surface area contributed by atoms with E-state index in [4.69, 9.17) is 11.6 Å². The number of urea groups is 1. The molecule has 2 aromatic rings. The summed E-state index contributed by atoms with van der Waals surface area (Å²) in [5.74, 6) is -2.64. The molecule has 138 valence electrons. The average Bonchev–Trinajstić information content (AvgIpc) is 2.62. The first-order chi connectivity index (χ1) is 12.4. The molecule has 2 aromatic carbocycles. The molecule has 0 saturated heterocycles. The van der Waals surface area contributed by atoms with Crippen molar-refractivity contribution in [3.05, 3.63) is 64.7 Å². The monoisotopic (exact) mass is 381 g/mol. The van der Waals surface area contributed by atoms with Crippen LogP contribution < -0.4 is 16.0 Å². The predicted octanol–water partition coefficient (Wildman–Crippen LogP) is 4.01. The second kappa shape index (κ2) is 9.15. The summed E-state index contributed by atoms with van der Waals surface area (Å²) in [6, 6.07) is 9.32. The molecule has 3 N–H and O–H groups in total. The Kier molecular flexibility index (Phi) is 6.91. The number of anilines is 1. The van der Waals surface area contributed by atoms with E-state index < -0.39 is 23.6 Å². The summed E-state index contributed by atoms with van der Waals surface area (Å²) in [4.78, 5) is 23.8. The Morgan fingerprint density at radius 3 is 2.38 bits per heavy atom. The van der Waals surface area contributed by atoms with Crippen molar-refractivity contribution >= 4 is 29.2 Å². The van der Waals surface area contributed by atoms with Gasteiger partial charge in [-0.1, -0.05) is 30.7 Å². The van der Waals surface area contributed by atoms with Crippen molar-refractivity contribution in [2.75, 3.05) is 11.9 Å². The Labute approximate surface area is 154 Å². The molecule has 2 rings (SSSR count). The van der Waals surface area contributed by atoms with Gasteiger partial charge in [0.05, 0.1) is 12.6 Å². The number of rotatable bonds is 6. The normalized spacial score (nSPS) is 11.5. The van der Waals surface area contributed by atoms with Gasteiger partial charge in [0.1, 0.15) is 0 Å². The lowest BCUT2D eigenvalue weighted by atomic mass is 10.1. The van der Waals surface area contributed by atoms with Crippen LogP contribution in [-0.2, 0) is 4.79 Å². The molecule has 26 heavy (non-hydrogen) atoms. The van der Waals surface area contributed by atoms with Gasteiger partial charge in [0.2, 0.25) is 5.91 Å². The molecule has 0 aromatic heterocycles. The van der Waals surface area contributed by atoms with Gasteiger partial charge < -0.3 is 16.0 Å². The van der Waals surface area contributed by atoms with E-state index in [2.05, 4.69) is 16.0 Å². The Morgan fingerprint density at radius 2 is 1.77 bits per heavy atom. The molecule has 3 amide bonds. The number of hydrogen-bond acceptors (Lipinski definition) is 2. The molecule has 0 aliphatic heterocycles. The molecule has 0 bridgehead atoms. The van der Waals surface area contributed by atoms with Crippen molar-refractivity contribution in [2.45, 2.75) is 19.4 Å². The Hall–Kier alpha value is -2.67. The minimum absolute atomic E-state index is 0.101. The highest BCUT2D eigenvalue weighted by molar-refractivity contribution is 6.30. The molecule has 0 heterocycles. The van der Waals surface area contributed by atoms with Crippen LogP contribution in [0.15, 0.2) is 42.5 Å². The first kappa shape index (κ1) is 19.7. The highest BCUT2D eigenvalue weighted by atomic mass is 35.5. The largest absolute Gasteiger partial charge is 0.331 e. The van der Waals surface area contributed by atoms with Gasteiger partial charge in [0.15, 0.2) is 11.6 Å². The van der Waals surface area contributed by atoms with E-state index in [1.54, 1.807) is 12.1 Å². The van der Waals surface area contributed by atoms with Crippen molar-refractivity contribution in [3.63, 3.8) is 0 Å². The molecule has 0 radical (unpaired) electrons. The standard InChI is InChI=1S/C18H18ClF2N3O2/c1-2-16(11-3-5-12(19)6-4-11)24-18(26)22-10-17(25)23-13-7-8-14(20)15(21)9-13/h3-9,16H,2,10H2,1H3,(H,23,25)(H2,22,24,26). The third kappa shape index (κ3) is 5.70. The summed E-state index contributed by atoms with van der Waals surface area (Å²) in [5.41, 5.74) is 0.988. The summed E-state index contributed by atoms with van der Waals surface area (Å²) in [6.45, 7) is 1.59. The average molecular weight is 382 g/mol. The molecular weight excluding hydrogens is 364 g/mol. The highest BCUT2D eigenvalue weighted by Crippen LogP contribution is 2.19. The van der Waals surface area contributed by atoms with E-state index in [0.29, 0.717) is 11.4 Å². The summed E-state index contributed by atoms with van der Waals surface area (Å²) in [7, 11) is 0. The lowest BCUT2D eigenvalue weighted by Crippen LogP contribution is -2.41. The van der Waals surface area contributed by atoms with Crippen molar-refractivity contribution in [1.82, 2.24) is 10.6 Å². The van der Waals surface area contributed by atoms with Crippen LogP contribution in [0.3, 0.4) is 0 Å². The summed E-state index contributed by atoms with van der Waals surface area (Å²) in [5, 5.41) is 8.14. The van der Waals surface area contributed by atoms with Crippen LogP contribution in [0.5, 0.6) is 0 Å². The Morgan fingerprint density at radius 1 is 1.08 bits per heavy atom. The first-order valence-corrected chi connectivity index (χ1v) is 8.31. The highest BCUT2D eigenvalue weighted by Gasteiger charge is 2.13. The van der Waals surface area contributed by atoms with Crippen molar-refractivity contribution in [3.8, 4) is 0 Å². The van der Waals surface area contributed by atoms with Gasteiger partial charge in [-0.25, -0.2) is 13.6 Å². The van der Waals surface area contributed by atoms with Crippen LogP contribution in [0, 0.1) is 11.6 Å². The number of amides is 3. The zero-order valence-corrected chi connectivity index (χ0v) is 14.7. The third-order valence-electron chi connectivity index (χ3n) is 3.60. The van der Waals surface area contributed by atoms with Crippen molar-refractivity contribution in [2.24, 2.45) is 0 Å².